The van der Waals surface area contributed by atoms with Crippen LogP contribution >= 0.6 is 0 Å². The molecular formula is C23H26N4O3. The van der Waals surface area contributed by atoms with Crippen LogP contribution in [0, 0.1) is 11.8 Å². The van der Waals surface area contributed by atoms with Gasteiger partial charge in [-0.15, -0.1) is 0 Å². The van der Waals surface area contributed by atoms with Crippen molar-refractivity contribution < 1.29 is 14.4 Å². The second kappa shape index (κ2) is 7.70. The van der Waals surface area contributed by atoms with Crippen LogP contribution in [0.4, 0.5) is 5.69 Å². The molecule has 0 radical (unpaired) electrons. The molecule has 5 rings (SSSR count). The minimum Gasteiger partial charge on any atom is -0.334 e. The first kappa shape index (κ1) is 19.0. The molecule has 2 unspecified atom stereocenters. The van der Waals surface area contributed by atoms with Gasteiger partial charge in [-0.1, -0.05) is 25.0 Å². The number of carbonyl (C=O) groups excluding carboxylic acids is 3. The number of imidazole rings is 1. The maximum Gasteiger partial charge on any atom is 0.244 e. The van der Waals surface area contributed by atoms with Crippen LogP contribution in [-0.4, -0.2) is 38.7 Å². The number of aromatic nitrogens is 2. The lowest BCUT2D eigenvalue weighted by molar-refractivity contribution is -0.142. The van der Waals surface area contributed by atoms with Gasteiger partial charge in [0.1, 0.15) is 12.4 Å². The van der Waals surface area contributed by atoms with Crippen LogP contribution in [-0.2, 0) is 27.3 Å². The topological polar surface area (TPSA) is 84.3 Å². The fourth-order valence-electron chi connectivity index (χ4n) is 5.01. The molecule has 156 valence electrons. The summed E-state index contributed by atoms with van der Waals surface area (Å²) >= 11 is 0. The van der Waals surface area contributed by atoms with Crippen LogP contribution in [0.3, 0.4) is 0 Å². The zero-order chi connectivity index (χ0) is 20.7. The van der Waals surface area contributed by atoms with Crippen LogP contribution in [0.2, 0.25) is 0 Å². The van der Waals surface area contributed by atoms with E-state index in [-0.39, 0.29) is 36.1 Å². The lowest BCUT2D eigenvalue weighted by atomic mass is 9.81. The minimum absolute atomic E-state index is 0.182. The van der Waals surface area contributed by atoms with Crippen molar-refractivity contribution in [1.29, 1.82) is 0 Å². The average Bonchev–Trinajstić information content (AvgIpc) is 3.30. The summed E-state index contributed by atoms with van der Waals surface area (Å²) in [5.74, 6) is -0.0225. The van der Waals surface area contributed by atoms with E-state index in [4.69, 9.17) is 4.98 Å². The van der Waals surface area contributed by atoms with Gasteiger partial charge in [-0.05, 0) is 37.8 Å². The molecule has 7 nitrogen and oxygen atoms in total. The highest BCUT2D eigenvalue weighted by Crippen LogP contribution is 2.37. The van der Waals surface area contributed by atoms with E-state index in [1.165, 1.54) is 12.8 Å². The van der Waals surface area contributed by atoms with E-state index < -0.39 is 0 Å². The number of aryl methyl sites for hydroxylation is 2. The number of hydrogen-bond donors (Lipinski definition) is 1. The van der Waals surface area contributed by atoms with E-state index in [1.54, 1.807) is 0 Å². The number of anilines is 1. The molecule has 2 atom stereocenters. The summed E-state index contributed by atoms with van der Waals surface area (Å²) in [6, 6.07) is 7.54. The third kappa shape index (κ3) is 3.42. The molecule has 3 aliphatic rings. The number of fused-ring (bicyclic) bond motifs is 2. The molecule has 1 aromatic heterocycles. The van der Waals surface area contributed by atoms with E-state index in [1.807, 2.05) is 24.3 Å². The standard InChI is InChI=1S/C23H26N4O3/c28-21(14-27-22(29)17-5-1-2-6-18(17)23(27)30)24-16-10-8-15(9-11-16)19-13-26-12-4-3-7-20(26)25-19/h8-11,13,17-18H,1-7,12,14H2,(H,24,28). The third-order valence-electron chi connectivity index (χ3n) is 6.61. The van der Waals surface area contributed by atoms with Crippen molar-refractivity contribution in [3.63, 3.8) is 0 Å². The summed E-state index contributed by atoms with van der Waals surface area (Å²) in [5.41, 5.74) is 2.59. The average molecular weight is 406 g/mol. The third-order valence-corrected chi connectivity index (χ3v) is 6.61. The molecule has 1 N–H and O–H groups in total. The van der Waals surface area contributed by atoms with Crippen molar-refractivity contribution in [2.45, 2.75) is 51.5 Å². The molecule has 1 saturated carbocycles. The lowest BCUT2D eigenvalue weighted by Gasteiger charge is -2.19. The molecule has 2 aliphatic heterocycles. The van der Waals surface area contributed by atoms with Gasteiger partial charge in [-0.3, -0.25) is 19.3 Å². The number of rotatable bonds is 4. The zero-order valence-electron chi connectivity index (χ0n) is 17.0. The van der Waals surface area contributed by atoms with Gasteiger partial charge in [0.25, 0.3) is 0 Å². The first-order valence-electron chi connectivity index (χ1n) is 10.9. The normalized spacial score (nSPS) is 23.3. The van der Waals surface area contributed by atoms with Gasteiger partial charge in [0.2, 0.25) is 17.7 Å². The molecule has 2 aromatic rings. The molecule has 3 heterocycles. The smallest absolute Gasteiger partial charge is 0.244 e. The van der Waals surface area contributed by atoms with Crippen LogP contribution < -0.4 is 5.32 Å². The number of amides is 3. The number of imide groups is 1. The Bertz CT molecular complexity index is 947. The van der Waals surface area contributed by atoms with Crippen LogP contribution in [0.15, 0.2) is 30.5 Å². The summed E-state index contributed by atoms with van der Waals surface area (Å²) in [4.78, 5) is 43.4. The Labute approximate surface area is 175 Å². The second-order valence-electron chi connectivity index (χ2n) is 8.58. The summed E-state index contributed by atoms with van der Waals surface area (Å²) in [6.07, 6.45) is 8.95. The largest absolute Gasteiger partial charge is 0.334 e. The van der Waals surface area contributed by atoms with Gasteiger partial charge >= 0.3 is 0 Å². The Morgan fingerprint density at radius 3 is 2.37 bits per heavy atom. The monoisotopic (exact) mass is 406 g/mol. The number of likely N-dealkylation sites (tertiary alicyclic amines) is 1. The van der Waals surface area contributed by atoms with Gasteiger partial charge in [-0.2, -0.15) is 0 Å². The summed E-state index contributed by atoms with van der Waals surface area (Å²) in [7, 11) is 0. The predicted octanol–water partition coefficient (Wildman–Crippen LogP) is 3.00. The van der Waals surface area contributed by atoms with Gasteiger partial charge < -0.3 is 9.88 Å². The van der Waals surface area contributed by atoms with E-state index in [2.05, 4.69) is 16.1 Å². The minimum atomic E-state index is -0.347. The van der Waals surface area contributed by atoms with Crippen molar-refractivity contribution in [3.05, 3.63) is 36.3 Å². The zero-order valence-corrected chi connectivity index (χ0v) is 17.0. The Balaban J connectivity index is 1.23. The summed E-state index contributed by atoms with van der Waals surface area (Å²) in [5, 5.41) is 2.81. The fraction of sp³-hybridized carbons (Fsp3) is 0.478. The number of hydrogen-bond acceptors (Lipinski definition) is 4. The van der Waals surface area contributed by atoms with Gasteiger partial charge in [0.05, 0.1) is 17.5 Å². The van der Waals surface area contributed by atoms with Gasteiger partial charge in [-0.25, -0.2) is 4.98 Å². The van der Waals surface area contributed by atoms with Crippen molar-refractivity contribution in [2.24, 2.45) is 11.8 Å². The number of carbonyl (C=O) groups is 3. The molecule has 1 aromatic carbocycles. The highest BCUT2D eigenvalue weighted by atomic mass is 16.2. The van der Waals surface area contributed by atoms with Crippen LogP contribution in [0.5, 0.6) is 0 Å². The Morgan fingerprint density at radius 2 is 1.70 bits per heavy atom. The quantitative estimate of drug-likeness (QED) is 0.791. The van der Waals surface area contributed by atoms with Crippen LogP contribution in [0.25, 0.3) is 11.3 Å². The van der Waals surface area contributed by atoms with Crippen molar-refractivity contribution in [3.8, 4) is 11.3 Å². The molecule has 30 heavy (non-hydrogen) atoms. The Kier molecular flexibility index (Phi) is 4.89. The maximum absolute atomic E-state index is 12.5. The first-order chi connectivity index (χ1) is 14.6. The Hall–Kier alpha value is -2.96. The van der Waals surface area contributed by atoms with Gasteiger partial charge in [0, 0.05) is 30.4 Å². The first-order valence-corrected chi connectivity index (χ1v) is 10.9. The van der Waals surface area contributed by atoms with Crippen molar-refractivity contribution >= 4 is 23.4 Å². The number of benzene rings is 1. The molecule has 0 spiro atoms. The predicted molar refractivity (Wildman–Crippen MR) is 111 cm³/mol. The van der Waals surface area contributed by atoms with E-state index >= 15 is 0 Å². The van der Waals surface area contributed by atoms with Gasteiger partial charge in [0.15, 0.2) is 0 Å². The molecule has 1 aliphatic carbocycles. The van der Waals surface area contributed by atoms with Crippen molar-refractivity contribution in [1.82, 2.24) is 14.5 Å². The van der Waals surface area contributed by atoms with Crippen LogP contribution in [0.1, 0.15) is 44.3 Å². The second-order valence-corrected chi connectivity index (χ2v) is 8.58. The van der Waals surface area contributed by atoms with E-state index in [9.17, 15) is 14.4 Å². The molecule has 3 amide bonds. The lowest BCUT2D eigenvalue weighted by Crippen LogP contribution is -2.38. The summed E-state index contributed by atoms with van der Waals surface area (Å²) < 4.78 is 2.22. The molecular weight excluding hydrogens is 380 g/mol. The number of nitrogens with zero attached hydrogens (tertiary/aromatic N) is 3. The Morgan fingerprint density at radius 1 is 1.00 bits per heavy atom. The van der Waals surface area contributed by atoms with E-state index in [0.717, 1.165) is 60.6 Å². The highest BCUT2D eigenvalue weighted by molar-refractivity contribution is 6.08. The maximum atomic E-state index is 12.5. The molecule has 1 saturated heterocycles. The van der Waals surface area contributed by atoms with Crippen molar-refractivity contribution in [2.75, 3.05) is 11.9 Å². The molecule has 7 heteroatoms. The molecule has 2 fully saturated rings. The van der Waals surface area contributed by atoms with E-state index in [0.29, 0.717) is 5.69 Å². The highest BCUT2D eigenvalue weighted by Gasteiger charge is 2.48. The SMILES string of the molecule is O=C(CN1C(=O)C2CCCCC2C1=O)Nc1ccc(-c2cn3c(n2)CCCC3)cc1. The summed E-state index contributed by atoms with van der Waals surface area (Å²) in [6.45, 7) is 0.812. The molecule has 0 bridgehead atoms. The fourth-order valence-corrected chi connectivity index (χ4v) is 5.01. The number of nitrogens with one attached hydrogen (secondary N) is 1.